The highest BCUT2D eigenvalue weighted by Gasteiger charge is 2.17. The zero-order valence-corrected chi connectivity index (χ0v) is 12.7. The summed E-state index contributed by atoms with van der Waals surface area (Å²) in [4.78, 5) is 13.8. The fourth-order valence-electron chi connectivity index (χ4n) is 2.63. The Bertz CT molecular complexity index is 474. The first-order chi connectivity index (χ1) is 10.5. The summed E-state index contributed by atoms with van der Waals surface area (Å²) in [7, 11) is 1.76. The first-order valence-electron chi connectivity index (χ1n) is 7.55. The Morgan fingerprint density at radius 1 is 1.41 bits per heavy atom. The van der Waals surface area contributed by atoms with Gasteiger partial charge in [0.1, 0.15) is 5.75 Å². The van der Waals surface area contributed by atoms with E-state index in [1.807, 2.05) is 0 Å². The van der Waals surface area contributed by atoms with Crippen molar-refractivity contribution in [3.8, 4) is 5.75 Å². The Labute approximate surface area is 129 Å². The summed E-state index contributed by atoms with van der Waals surface area (Å²) in [5.41, 5.74) is 0.886. The van der Waals surface area contributed by atoms with Crippen molar-refractivity contribution >= 4 is 5.91 Å². The number of amides is 1. The molecule has 0 saturated carbocycles. The summed E-state index contributed by atoms with van der Waals surface area (Å²) in [6, 6.07) is 6.83. The summed E-state index contributed by atoms with van der Waals surface area (Å²) in [6.45, 7) is -1.31. The summed E-state index contributed by atoms with van der Waals surface area (Å²) >= 11 is 0. The van der Waals surface area contributed by atoms with Crippen molar-refractivity contribution in [2.24, 2.45) is 0 Å². The van der Waals surface area contributed by atoms with Gasteiger partial charge in [0.15, 0.2) is 0 Å². The fourth-order valence-corrected chi connectivity index (χ4v) is 2.63. The molecule has 0 spiro atoms. The van der Waals surface area contributed by atoms with Crippen LogP contribution in [0.5, 0.6) is 5.75 Å². The number of halogens is 2. The van der Waals surface area contributed by atoms with Crippen LogP contribution in [-0.2, 0) is 11.3 Å². The molecular formula is C16H22F2N2O2. The molecule has 1 saturated heterocycles. The fraction of sp³-hybridized carbons (Fsp3) is 0.562. The Hall–Kier alpha value is -1.69. The van der Waals surface area contributed by atoms with Gasteiger partial charge < -0.3 is 15.0 Å². The third-order valence-electron chi connectivity index (χ3n) is 3.86. The van der Waals surface area contributed by atoms with Crippen molar-refractivity contribution in [3.05, 3.63) is 29.8 Å². The van der Waals surface area contributed by atoms with Gasteiger partial charge in [-0.1, -0.05) is 12.1 Å². The number of hydrogen-bond donors (Lipinski definition) is 1. The number of carbonyl (C=O) groups excluding carboxylic acids is 1. The molecule has 1 amide bonds. The molecule has 0 bridgehead atoms. The van der Waals surface area contributed by atoms with E-state index in [4.69, 9.17) is 0 Å². The van der Waals surface area contributed by atoms with E-state index in [2.05, 4.69) is 10.1 Å². The molecule has 2 rings (SSSR count). The van der Waals surface area contributed by atoms with E-state index >= 15 is 0 Å². The summed E-state index contributed by atoms with van der Waals surface area (Å²) in [6.07, 6.45) is 3.72. The molecule has 1 aliphatic rings. The zero-order valence-electron chi connectivity index (χ0n) is 12.7. The lowest BCUT2D eigenvalue weighted by Crippen LogP contribution is -2.29. The van der Waals surface area contributed by atoms with Crippen molar-refractivity contribution in [2.45, 2.75) is 44.9 Å². The van der Waals surface area contributed by atoms with Crippen LogP contribution in [0.3, 0.4) is 0 Å². The van der Waals surface area contributed by atoms with E-state index in [0.717, 1.165) is 24.9 Å². The van der Waals surface area contributed by atoms with Gasteiger partial charge in [-0.25, -0.2) is 0 Å². The number of carbonyl (C=O) groups is 1. The van der Waals surface area contributed by atoms with Gasteiger partial charge in [-0.2, -0.15) is 8.78 Å². The number of nitrogens with zero attached hydrogens (tertiary/aromatic N) is 1. The Morgan fingerprint density at radius 3 is 2.73 bits per heavy atom. The number of benzene rings is 1. The highest BCUT2D eigenvalue weighted by atomic mass is 19.3. The summed E-state index contributed by atoms with van der Waals surface area (Å²) < 4.78 is 28.4. The van der Waals surface area contributed by atoms with Crippen LogP contribution >= 0.6 is 0 Å². The Kier molecular flexibility index (Phi) is 6.12. The zero-order chi connectivity index (χ0) is 15.9. The number of ether oxygens (including phenoxy) is 1. The third kappa shape index (κ3) is 5.26. The van der Waals surface area contributed by atoms with Gasteiger partial charge >= 0.3 is 6.61 Å². The average molecular weight is 312 g/mol. The Morgan fingerprint density at radius 2 is 2.14 bits per heavy atom. The minimum absolute atomic E-state index is 0.0987. The molecular weight excluding hydrogens is 290 g/mol. The van der Waals surface area contributed by atoms with E-state index in [0.29, 0.717) is 19.0 Å². The molecule has 1 aromatic rings. The van der Waals surface area contributed by atoms with Crippen molar-refractivity contribution < 1.29 is 18.3 Å². The van der Waals surface area contributed by atoms with Crippen molar-refractivity contribution in [1.29, 1.82) is 0 Å². The quantitative estimate of drug-likeness (QED) is 0.842. The van der Waals surface area contributed by atoms with E-state index in [-0.39, 0.29) is 11.7 Å². The Balaban J connectivity index is 1.77. The molecule has 4 nitrogen and oxygen atoms in total. The minimum atomic E-state index is -2.82. The molecule has 0 aromatic heterocycles. The van der Waals surface area contributed by atoms with E-state index in [1.54, 1.807) is 24.1 Å². The first kappa shape index (κ1) is 16.7. The third-order valence-corrected chi connectivity index (χ3v) is 3.86. The molecule has 22 heavy (non-hydrogen) atoms. The second-order valence-corrected chi connectivity index (χ2v) is 5.60. The van der Waals surface area contributed by atoms with Crippen LogP contribution in [0.25, 0.3) is 0 Å². The van der Waals surface area contributed by atoms with Crippen molar-refractivity contribution in [3.63, 3.8) is 0 Å². The average Bonchev–Trinajstić information content (AvgIpc) is 2.99. The second kappa shape index (κ2) is 8.08. The van der Waals surface area contributed by atoms with Crippen molar-refractivity contribution in [1.82, 2.24) is 10.2 Å². The standard InChI is InChI=1S/C16H22F2N2O2/c1-20(15(21)9-6-13-3-2-10-19-13)11-12-4-7-14(8-5-12)22-16(17)18/h4-5,7-8,13,16,19H,2-3,6,9-11H2,1H3. The molecule has 0 aliphatic carbocycles. The van der Waals surface area contributed by atoms with Crippen LogP contribution in [-0.4, -0.2) is 37.1 Å². The molecule has 0 radical (unpaired) electrons. The molecule has 1 N–H and O–H groups in total. The predicted octanol–water partition coefficient (Wildman–Crippen LogP) is 2.78. The van der Waals surface area contributed by atoms with Crippen LogP contribution in [0.4, 0.5) is 8.78 Å². The van der Waals surface area contributed by atoms with E-state index in [9.17, 15) is 13.6 Å². The van der Waals surface area contributed by atoms with Crippen LogP contribution in [0.2, 0.25) is 0 Å². The smallest absolute Gasteiger partial charge is 0.387 e. The highest BCUT2D eigenvalue weighted by Crippen LogP contribution is 2.16. The molecule has 6 heteroatoms. The number of rotatable bonds is 7. The molecule has 1 aromatic carbocycles. The lowest BCUT2D eigenvalue weighted by Gasteiger charge is -2.19. The lowest BCUT2D eigenvalue weighted by molar-refractivity contribution is -0.130. The molecule has 1 aliphatic heterocycles. The van der Waals surface area contributed by atoms with E-state index < -0.39 is 6.61 Å². The molecule has 1 atom stereocenters. The molecule has 1 fully saturated rings. The highest BCUT2D eigenvalue weighted by molar-refractivity contribution is 5.75. The maximum absolute atomic E-state index is 12.1. The number of alkyl halides is 2. The van der Waals surface area contributed by atoms with Crippen LogP contribution < -0.4 is 10.1 Å². The van der Waals surface area contributed by atoms with Gasteiger partial charge in [-0.05, 0) is 43.5 Å². The van der Waals surface area contributed by atoms with Gasteiger partial charge in [-0.3, -0.25) is 4.79 Å². The summed E-state index contributed by atoms with van der Waals surface area (Å²) in [5, 5.41) is 3.38. The molecule has 122 valence electrons. The molecule has 1 heterocycles. The largest absolute Gasteiger partial charge is 0.435 e. The van der Waals surface area contributed by atoms with Crippen LogP contribution in [0.1, 0.15) is 31.2 Å². The summed E-state index contributed by atoms with van der Waals surface area (Å²) in [5.74, 6) is 0.224. The number of hydrogen-bond acceptors (Lipinski definition) is 3. The lowest BCUT2D eigenvalue weighted by atomic mass is 10.1. The monoisotopic (exact) mass is 312 g/mol. The van der Waals surface area contributed by atoms with Gasteiger partial charge in [0.25, 0.3) is 0 Å². The van der Waals surface area contributed by atoms with Crippen molar-refractivity contribution in [2.75, 3.05) is 13.6 Å². The second-order valence-electron chi connectivity index (χ2n) is 5.60. The first-order valence-corrected chi connectivity index (χ1v) is 7.55. The normalized spacial score (nSPS) is 17.7. The van der Waals surface area contributed by atoms with Gasteiger partial charge in [0.2, 0.25) is 5.91 Å². The van der Waals surface area contributed by atoms with Gasteiger partial charge in [-0.15, -0.1) is 0 Å². The SMILES string of the molecule is CN(Cc1ccc(OC(F)F)cc1)C(=O)CCC1CCCN1. The van der Waals surface area contributed by atoms with Crippen LogP contribution in [0, 0.1) is 0 Å². The topological polar surface area (TPSA) is 41.6 Å². The minimum Gasteiger partial charge on any atom is -0.435 e. The van der Waals surface area contributed by atoms with Gasteiger partial charge in [0, 0.05) is 26.1 Å². The van der Waals surface area contributed by atoms with Crippen LogP contribution in [0.15, 0.2) is 24.3 Å². The maximum atomic E-state index is 12.1. The van der Waals surface area contributed by atoms with E-state index in [1.165, 1.54) is 18.6 Å². The predicted molar refractivity (Wildman–Crippen MR) is 79.8 cm³/mol. The molecule has 1 unspecified atom stereocenters. The van der Waals surface area contributed by atoms with Gasteiger partial charge in [0.05, 0.1) is 0 Å². The maximum Gasteiger partial charge on any atom is 0.387 e. The number of nitrogens with one attached hydrogen (secondary N) is 1.